The molecule has 1 amide bonds. The maximum absolute atomic E-state index is 12.0. The maximum atomic E-state index is 12.0. The number of hydrogen-bond donors (Lipinski definition) is 3. The van der Waals surface area contributed by atoms with Crippen LogP contribution >= 0.6 is 35.0 Å². The van der Waals surface area contributed by atoms with Crippen LogP contribution in [0.1, 0.15) is 17.1 Å². The van der Waals surface area contributed by atoms with Gasteiger partial charge in [-0.3, -0.25) is 14.6 Å². The van der Waals surface area contributed by atoms with Gasteiger partial charge in [0.25, 0.3) is 10.8 Å². The highest BCUT2D eigenvalue weighted by molar-refractivity contribution is 7.99. The number of hydrogen-bond acceptors (Lipinski definition) is 7. The van der Waals surface area contributed by atoms with Crippen molar-refractivity contribution < 1.29 is 9.21 Å². The van der Waals surface area contributed by atoms with Gasteiger partial charge in [0.1, 0.15) is 0 Å². The Hall–Kier alpha value is -2.56. The Balaban J connectivity index is 1.59. The van der Waals surface area contributed by atoms with Gasteiger partial charge in [0.05, 0.1) is 22.2 Å². The molecule has 0 unspecified atom stereocenters. The first kappa shape index (κ1) is 20.2. The molecule has 0 saturated heterocycles. The highest BCUT2D eigenvalue weighted by atomic mass is 35.5. The Morgan fingerprint density at radius 1 is 1.21 bits per heavy atom. The number of aryl methyl sites for hydroxylation is 1. The molecule has 3 aromatic rings. The Bertz CT molecular complexity index is 1140. The molecule has 0 aliphatic heterocycles. The Morgan fingerprint density at radius 3 is 2.71 bits per heavy atom. The second kappa shape index (κ2) is 8.63. The van der Waals surface area contributed by atoms with Crippen molar-refractivity contribution in [1.82, 2.24) is 20.2 Å². The zero-order valence-electron chi connectivity index (χ0n) is 14.3. The number of halogens is 2. The van der Waals surface area contributed by atoms with Crippen molar-refractivity contribution in [3.8, 4) is 0 Å². The van der Waals surface area contributed by atoms with E-state index in [0.29, 0.717) is 27.0 Å². The van der Waals surface area contributed by atoms with Gasteiger partial charge < -0.3 is 14.7 Å². The van der Waals surface area contributed by atoms with Gasteiger partial charge in [-0.05, 0) is 25.1 Å². The summed E-state index contributed by atoms with van der Waals surface area (Å²) in [5.74, 6) is -0.0794. The van der Waals surface area contributed by atoms with Crippen molar-refractivity contribution in [1.29, 1.82) is 0 Å². The second-order valence-electron chi connectivity index (χ2n) is 5.62. The number of aromatic nitrogens is 4. The van der Waals surface area contributed by atoms with E-state index in [1.165, 1.54) is 0 Å². The molecule has 28 heavy (non-hydrogen) atoms. The molecule has 3 N–H and O–H groups in total. The van der Waals surface area contributed by atoms with Gasteiger partial charge in [0.15, 0.2) is 0 Å². The first-order valence-electron chi connectivity index (χ1n) is 7.84. The van der Waals surface area contributed by atoms with Gasteiger partial charge in [0, 0.05) is 16.9 Å². The van der Waals surface area contributed by atoms with E-state index in [0.717, 1.165) is 11.8 Å². The summed E-state index contributed by atoms with van der Waals surface area (Å²) in [7, 11) is 0. The monoisotopic (exact) mass is 441 g/mol. The summed E-state index contributed by atoms with van der Waals surface area (Å²) in [6.45, 7) is 1.60. The van der Waals surface area contributed by atoms with Gasteiger partial charge in [-0.2, -0.15) is 0 Å². The quantitative estimate of drug-likeness (QED) is 0.499. The van der Waals surface area contributed by atoms with E-state index in [2.05, 4.69) is 25.5 Å². The minimum Gasteiger partial charge on any atom is -0.416 e. The van der Waals surface area contributed by atoms with Gasteiger partial charge in [-0.15, -0.1) is 10.2 Å². The SMILES string of the molecule is Cc1[nH]c(=O)[nH]c(=O)c1Cc1nnc(SCC(=O)Nc2ccc(Cl)c(Cl)c2)o1. The number of nitrogens with zero attached hydrogens (tertiary/aromatic N) is 2. The van der Waals surface area contributed by atoms with E-state index < -0.39 is 11.2 Å². The average Bonchev–Trinajstić information content (AvgIpc) is 3.07. The number of thioether (sulfide) groups is 1. The van der Waals surface area contributed by atoms with Crippen molar-refractivity contribution in [2.24, 2.45) is 0 Å². The van der Waals surface area contributed by atoms with Crippen LogP contribution in [0.25, 0.3) is 0 Å². The zero-order valence-corrected chi connectivity index (χ0v) is 16.7. The van der Waals surface area contributed by atoms with Gasteiger partial charge in [0.2, 0.25) is 11.8 Å². The summed E-state index contributed by atoms with van der Waals surface area (Å²) in [4.78, 5) is 39.8. The predicted molar refractivity (Wildman–Crippen MR) is 105 cm³/mol. The third-order valence-corrected chi connectivity index (χ3v) is 5.12. The highest BCUT2D eigenvalue weighted by Crippen LogP contribution is 2.25. The summed E-state index contributed by atoms with van der Waals surface area (Å²) in [6, 6.07) is 4.75. The molecule has 0 bridgehead atoms. The number of carbonyl (C=O) groups is 1. The van der Waals surface area contributed by atoms with Crippen LogP contribution in [-0.2, 0) is 11.2 Å². The average molecular weight is 442 g/mol. The largest absolute Gasteiger partial charge is 0.416 e. The normalized spacial score (nSPS) is 10.8. The minimum atomic E-state index is -0.582. The van der Waals surface area contributed by atoms with E-state index in [1.54, 1.807) is 25.1 Å². The predicted octanol–water partition coefficient (Wildman–Crippen LogP) is 2.38. The third-order valence-electron chi connectivity index (χ3n) is 3.56. The van der Waals surface area contributed by atoms with E-state index in [9.17, 15) is 14.4 Å². The third kappa shape index (κ3) is 5.03. The van der Waals surface area contributed by atoms with Crippen molar-refractivity contribution in [3.63, 3.8) is 0 Å². The van der Waals surface area contributed by atoms with E-state index in [1.807, 2.05) is 0 Å². The van der Waals surface area contributed by atoms with Crippen LogP contribution in [-0.4, -0.2) is 31.8 Å². The van der Waals surface area contributed by atoms with E-state index in [4.69, 9.17) is 27.6 Å². The van der Waals surface area contributed by atoms with Crippen LogP contribution in [0.3, 0.4) is 0 Å². The van der Waals surface area contributed by atoms with Crippen LogP contribution < -0.4 is 16.6 Å². The lowest BCUT2D eigenvalue weighted by Gasteiger charge is -2.05. The molecule has 0 saturated carbocycles. The molecular formula is C16H13Cl2N5O4S. The number of nitrogens with one attached hydrogen (secondary N) is 3. The molecule has 146 valence electrons. The first-order valence-corrected chi connectivity index (χ1v) is 9.58. The molecule has 9 nitrogen and oxygen atoms in total. The number of anilines is 1. The molecule has 3 rings (SSSR count). The topological polar surface area (TPSA) is 134 Å². The number of aromatic amines is 2. The summed E-state index contributed by atoms with van der Waals surface area (Å²) < 4.78 is 5.44. The lowest BCUT2D eigenvalue weighted by Crippen LogP contribution is -2.27. The molecule has 0 aliphatic carbocycles. The fourth-order valence-corrected chi connectivity index (χ4v) is 3.13. The Labute approximate surface area is 171 Å². The van der Waals surface area contributed by atoms with Gasteiger partial charge in [-0.25, -0.2) is 4.79 Å². The lowest BCUT2D eigenvalue weighted by atomic mass is 10.2. The number of amides is 1. The Kier molecular flexibility index (Phi) is 6.22. The summed E-state index contributed by atoms with van der Waals surface area (Å²) in [5.41, 5.74) is 0.147. The lowest BCUT2D eigenvalue weighted by molar-refractivity contribution is -0.113. The molecule has 12 heteroatoms. The first-order chi connectivity index (χ1) is 13.3. The van der Waals surface area contributed by atoms with E-state index in [-0.39, 0.29) is 29.2 Å². The molecular weight excluding hydrogens is 429 g/mol. The number of rotatable bonds is 6. The molecule has 0 radical (unpaired) electrons. The number of carbonyl (C=O) groups excluding carboxylic acids is 1. The summed E-state index contributed by atoms with van der Waals surface area (Å²) >= 11 is 12.8. The highest BCUT2D eigenvalue weighted by Gasteiger charge is 2.14. The van der Waals surface area contributed by atoms with Gasteiger partial charge >= 0.3 is 5.69 Å². The van der Waals surface area contributed by atoms with Crippen molar-refractivity contribution >= 4 is 46.6 Å². The molecule has 0 fully saturated rings. The summed E-state index contributed by atoms with van der Waals surface area (Å²) in [6.07, 6.45) is 0.0565. The number of H-pyrrole nitrogens is 2. The zero-order chi connectivity index (χ0) is 20.3. The van der Waals surface area contributed by atoms with Crippen LogP contribution in [0, 0.1) is 6.92 Å². The standard InChI is InChI=1S/C16H13Cl2N5O4S/c1-7-9(14(25)21-15(26)19-7)5-13-22-23-16(27-13)28-6-12(24)20-8-2-3-10(17)11(18)4-8/h2-4H,5-6H2,1H3,(H,20,24)(H2,19,21,25,26). The van der Waals surface area contributed by atoms with Crippen molar-refractivity contribution in [2.45, 2.75) is 18.6 Å². The maximum Gasteiger partial charge on any atom is 0.325 e. The molecule has 1 aromatic carbocycles. The minimum absolute atomic E-state index is 0.0279. The van der Waals surface area contributed by atoms with Crippen LogP contribution in [0.5, 0.6) is 0 Å². The fraction of sp³-hybridized carbons (Fsp3) is 0.188. The summed E-state index contributed by atoms with van der Waals surface area (Å²) in [5, 5.41) is 11.3. The van der Waals surface area contributed by atoms with E-state index >= 15 is 0 Å². The Morgan fingerprint density at radius 2 is 2.00 bits per heavy atom. The van der Waals surface area contributed by atoms with Crippen molar-refractivity contribution in [3.05, 3.63) is 66.2 Å². The molecule has 2 heterocycles. The number of benzene rings is 1. The van der Waals surface area contributed by atoms with Gasteiger partial charge in [-0.1, -0.05) is 35.0 Å². The fourth-order valence-electron chi connectivity index (χ4n) is 2.26. The van der Waals surface area contributed by atoms with Crippen LogP contribution in [0.4, 0.5) is 5.69 Å². The molecule has 2 aromatic heterocycles. The molecule has 0 spiro atoms. The van der Waals surface area contributed by atoms with Crippen LogP contribution in [0.15, 0.2) is 37.4 Å². The van der Waals surface area contributed by atoms with Crippen molar-refractivity contribution in [2.75, 3.05) is 11.1 Å². The molecule has 0 atom stereocenters. The van der Waals surface area contributed by atoms with Crippen LogP contribution in [0.2, 0.25) is 10.0 Å². The molecule has 0 aliphatic rings. The smallest absolute Gasteiger partial charge is 0.325 e. The second-order valence-corrected chi connectivity index (χ2v) is 7.36.